The van der Waals surface area contributed by atoms with Crippen molar-refractivity contribution in [1.82, 2.24) is 9.88 Å². The third-order valence-corrected chi connectivity index (χ3v) is 4.84. The van der Waals surface area contributed by atoms with E-state index in [0.29, 0.717) is 0 Å². The Morgan fingerprint density at radius 1 is 1.25 bits per heavy atom. The first-order chi connectivity index (χ1) is 11.1. The number of thioether (sulfide) groups is 1. The fourth-order valence-corrected chi connectivity index (χ4v) is 3.84. The predicted octanol–water partition coefficient (Wildman–Crippen LogP) is 5.43. The van der Waals surface area contributed by atoms with E-state index in [1.54, 1.807) is 11.8 Å². The van der Waals surface area contributed by atoms with Crippen molar-refractivity contribution in [1.29, 1.82) is 0 Å². The van der Waals surface area contributed by atoms with Crippen LogP contribution < -0.4 is 0 Å². The second-order valence-electron chi connectivity index (χ2n) is 8.30. The van der Waals surface area contributed by atoms with Crippen LogP contribution in [-0.2, 0) is 4.74 Å². The zero-order chi connectivity index (χ0) is 18.0. The molecule has 1 fully saturated rings. The average Bonchev–Trinajstić information content (AvgIpc) is 2.44. The van der Waals surface area contributed by atoms with Crippen molar-refractivity contribution >= 4 is 17.9 Å². The van der Waals surface area contributed by atoms with Gasteiger partial charge in [0, 0.05) is 23.1 Å². The van der Waals surface area contributed by atoms with Crippen molar-refractivity contribution in [2.45, 2.75) is 82.2 Å². The van der Waals surface area contributed by atoms with Crippen LogP contribution in [0.3, 0.4) is 0 Å². The van der Waals surface area contributed by atoms with Gasteiger partial charge in [0.2, 0.25) is 0 Å². The summed E-state index contributed by atoms with van der Waals surface area (Å²) in [5.41, 5.74) is 0.666. The highest BCUT2D eigenvalue weighted by atomic mass is 32.2. The molecule has 1 amide bonds. The number of ether oxygens (including phenoxy) is 1. The molecule has 0 unspecified atom stereocenters. The molecule has 4 nitrogen and oxygen atoms in total. The van der Waals surface area contributed by atoms with E-state index in [1.807, 2.05) is 37.9 Å². The van der Waals surface area contributed by atoms with Gasteiger partial charge >= 0.3 is 6.09 Å². The lowest BCUT2D eigenvalue weighted by Gasteiger charge is -2.37. The maximum Gasteiger partial charge on any atom is 0.410 e. The predicted molar refractivity (Wildman–Crippen MR) is 99.4 cm³/mol. The number of hydrogen-bond acceptors (Lipinski definition) is 4. The number of nitrogens with zero attached hydrogens (tertiary/aromatic N) is 2. The molecule has 2 rings (SSSR count). The Morgan fingerprint density at radius 3 is 2.58 bits per heavy atom. The lowest BCUT2D eigenvalue weighted by molar-refractivity contribution is 0.00915. The number of hydrogen-bond donors (Lipinski definition) is 0. The SMILES string of the molecule is CC(C)(C)OC(=O)N1CCCC[C@@H]1c1cccnc1SC(C)(C)C. The topological polar surface area (TPSA) is 42.4 Å². The van der Waals surface area contributed by atoms with E-state index in [9.17, 15) is 4.79 Å². The number of amides is 1. The molecule has 1 aromatic rings. The van der Waals surface area contributed by atoms with E-state index in [1.165, 1.54) is 0 Å². The summed E-state index contributed by atoms with van der Waals surface area (Å²) in [6, 6.07) is 4.12. The van der Waals surface area contributed by atoms with Crippen molar-refractivity contribution in [2.24, 2.45) is 0 Å². The number of aromatic nitrogens is 1. The molecule has 1 aliphatic heterocycles. The zero-order valence-corrected chi connectivity index (χ0v) is 16.6. The number of rotatable bonds is 2. The van der Waals surface area contributed by atoms with E-state index in [0.717, 1.165) is 36.4 Å². The molecule has 0 aromatic carbocycles. The Labute approximate surface area is 150 Å². The minimum atomic E-state index is -0.475. The van der Waals surface area contributed by atoms with Gasteiger partial charge in [0.15, 0.2) is 0 Å². The second kappa shape index (κ2) is 7.34. The van der Waals surface area contributed by atoms with Crippen molar-refractivity contribution < 1.29 is 9.53 Å². The molecule has 134 valence electrons. The number of piperidine rings is 1. The van der Waals surface area contributed by atoms with Crippen LogP contribution in [0.5, 0.6) is 0 Å². The number of likely N-dealkylation sites (tertiary alicyclic amines) is 1. The molecule has 1 atom stereocenters. The Bertz CT molecular complexity index is 575. The third kappa shape index (κ3) is 5.40. The molecule has 0 spiro atoms. The van der Waals surface area contributed by atoms with Gasteiger partial charge < -0.3 is 9.64 Å². The largest absolute Gasteiger partial charge is 0.444 e. The maximum absolute atomic E-state index is 12.7. The molecule has 0 saturated carbocycles. The van der Waals surface area contributed by atoms with E-state index in [-0.39, 0.29) is 16.9 Å². The van der Waals surface area contributed by atoms with Crippen LogP contribution in [-0.4, -0.2) is 32.9 Å². The molecule has 2 heterocycles. The zero-order valence-electron chi connectivity index (χ0n) is 15.8. The Hall–Kier alpha value is -1.23. The summed E-state index contributed by atoms with van der Waals surface area (Å²) in [4.78, 5) is 19.1. The number of carbonyl (C=O) groups is 1. The van der Waals surface area contributed by atoms with Crippen molar-refractivity contribution in [3.8, 4) is 0 Å². The van der Waals surface area contributed by atoms with Gasteiger partial charge in [-0.2, -0.15) is 0 Å². The molecule has 0 radical (unpaired) electrons. The van der Waals surface area contributed by atoms with Crippen molar-refractivity contribution in [3.63, 3.8) is 0 Å². The van der Waals surface area contributed by atoms with Gasteiger partial charge in [-0.25, -0.2) is 9.78 Å². The fraction of sp³-hybridized carbons (Fsp3) is 0.684. The van der Waals surface area contributed by atoms with Crippen molar-refractivity contribution in [2.75, 3.05) is 6.54 Å². The van der Waals surface area contributed by atoms with Crippen LogP contribution >= 0.6 is 11.8 Å². The first-order valence-electron chi connectivity index (χ1n) is 8.70. The van der Waals surface area contributed by atoms with Gasteiger partial charge in [-0.05, 0) is 46.1 Å². The molecular weight excluding hydrogens is 320 g/mol. The minimum Gasteiger partial charge on any atom is -0.444 e. The minimum absolute atomic E-state index is 0.0483. The van der Waals surface area contributed by atoms with Gasteiger partial charge in [0.1, 0.15) is 10.6 Å². The highest BCUT2D eigenvalue weighted by molar-refractivity contribution is 8.00. The van der Waals surface area contributed by atoms with E-state index in [4.69, 9.17) is 4.74 Å². The van der Waals surface area contributed by atoms with Gasteiger partial charge in [-0.1, -0.05) is 26.8 Å². The Morgan fingerprint density at radius 2 is 1.96 bits per heavy atom. The molecule has 1 saturated heterocycles. The van der Waals surface area contributed by atoms with E-state index >= 15 is 0 Å². The highest BCUT2D eigenvalue weighted by Gasteiger charge is 2.33. The lowest BCUT2D eigenvalue weighted by Crippen LogP contribution is -2.42. The summed E-state index contributed by atoms with van der Waals surface area (Å²) in [5.74, 6) is 0. The maximum atomic E-state index is 12.7. The summed E-state index contributed by atoms with van der Waals surface area (Å²) in [6.45, 7) is 13.0. The number of pyridine rings is 1. The molecule has 1 aromatic heterocycles. The summed E-state index contributed by atoms with van der Waals surface area (Å²) in [7, 11) is 0. The monoisotopic (exact) mass is 350 g/mol. The Kier molecular flexibility index (Phi) is 5.84. The quantitative estimate of drug-likeness (QED) is 0.667. The third-order valence-electron chi connectivity index (χ3n) is 3.69. The first-order valence-corrected chi connectivity index (χ1v) is 9.52. The van der Waals surface area contributed by atoms with Crippen LogP contribution in [0.4, 0.5) is 4.79 Å². The first kappa shape index (κ1) is 19.1. The average molecular weight is 351 g/mol. The van der Waals surface area contributed by atoms with Crippen LogP contribution in [0.15, 0.2) is 23.4 Å². The van der Waals surface area contributed by atoms with Crippen molar-refractivity contribution in [3.05, 3.63) is 23.9 Å². The van der Waals surface area contributed by atoms with Gasteiger partial charge in [0.05, 0.1) is 6.04 Å². The normalized spacial score (nSPS) is 19.2. The summed E-state index contributed by atoms with van der Waals surface area (Å²) < 4.78 is 5.71. The van der Waals surface area contributed by atoms with Crippen LogP contribution in [0.2, 0.25) is 0 Å². The van der Waals surface area contributed by atoms with Gasteiger partial charge in [-0.15, -0.1) is 11.8 Å². The molecular formula is C19H30N2O2S. The Balaban J connectivity index is 2.29. The standard InChI is InChI=1S/C19H30N2O2S/c1-18(2,3)23-17(22)21-13-8-7-11-15(21)14-10-9-12-20-16(14)24-19(4,5)6/h9-10,12,15H,7-8,11,13H2,1-6H3/t15-/m1/s1. The van der Waals surface area contributed by atoms with Crippen LogP contribution in [0.1, 0.15) is 72.4 Å². The number of carbonyl (C=O) groups excluding carboxylic acids is 1. The highest BCUT2D eigenvalue weighted by Crippen LogP contribution is 2.40. The van der Waals surface area contributed by atoms with Gasteiger partial charge in [-0.3, -0.25) is 0 Å². The summed E-state index contributed by atoms with van der Waals surface area (Å²) >= 11 is 1.76. The lowest BCUT2D eigenvalue weighted by atomic mass is 9.97. The molecule has 24 heavy (non-hydrogen) atoms. The van der Waals surface area contributed by atoms with Crippen LogP contribution in [0, 0.1) is 0 Å². The summed E-state index contributed by atoms with van der Waals surface area (Å²) in [5, 5.41) is 1.02. The van der Waals surface area contributed by atoms with Crippen LogP contribution in [0.25, 0.3) is 0 Å². The molecule has 0 bridgehead atoms. The fourth-order valence-electron chi connectivity index (χ4n) is 2.83. The molecule has 1 aliphatic rings. The summed E-state index contributed by atoms with van der Waals surface area (Å²) in [6.07, 6.45) is 4.72. The molecule has 0 aliphatic carbocycles. The van der Waals surface area contributed by atoms with Gasteiger partial charge in [0.25, 0.3) is 0 Å². The van der Waals surface area contributed by atoms with E-state index in [2.05, 4.69) is 31.8 Å². The smallest absolute Gasteiger partial charge is 0.410 e. The van der Waals surface area contributed by atoms with E-state index < -0.39 is 5.60 Å². The molecule has 0 N–H and O–H groups in total. The second-order valence-corrected chi connectivity index (χ2v) is 10.1. The molecule has 5 heteroatoms.